The van der Waals surface area contributed by atoms with E-state index in [-0.39, 0.29) is 5.82 Å². The molecule has 148 valence electrons. The number of alkyl halides is 3. The van der Waals surface area contributed by atoms with Gasteiger partial charge in [0, 0.05) is 34.3 Å². The Labute approximate surface area is 170 Å². The molecule has 0 amide bonds. The standard InChI is InChI=1S/C23H17F4NS/c24-19-11-7-16(8-12-19)13-28-14-22(20-3-1-2-4-21(20)28)29-15-17-5-9-18(10-6-17)23(25,26)27/h1-12,14H,13,15H2. The molecule has 29 heavy (non-hydrogen) atoms. The average Bonchev–Trinajstić information content (AvgIpc) is 3.05. The zero-order valence-electron chi connectivity index (χ0n) is 15.3. The molecule has 0 aliphatic carbocycles. The van der Waals surface area contributed by atoms with Crippen molar-refractivity contribution in [3.63, 3.8) is 0 Å². The van der Waals surface area contributed by atoms with Crippen LogP contribution in [0.15, 0.2) is 83.9 Å². The van der Waals surface area contributed by atoms with Gasteiger partial charge in [0.2, 0.25) is 0 Å². The van der Waals surface area contributed by atoms with E-state index in [1.165, 1.54) is 24.3 Å². The molecule has 1 nitrogen and oxygen atoms in total. The Morgan fingerprint density at radius 2 is 1.45 bits per heavy atom. The van der Waals surface area contributed by atoms with Crippen LogP contribution >= 0.6 is 11.8 Å². The highest BCUT2D eigenvalue weighted by atomic mass is 32.2. The van der Waals surface area contributed by atoms with Crippen molar-refractivity contribution in [2.75, 3.05) is 0 Å². The quantitative estimate of drug-likeness (QED) is 0.248. The van der Waals surface area contributed by atoms with Crippen molar-refractivity contribution < 1.29 is 17.6 Å². The predicted octanol–water partition coefficient (Wildman–Crippen LogP) is 7.14. The monoisotopic (exact) mass is 415 g/mol. The van der Waals surface area contributed by atoms with Gasteiger partial charge in [0.15, 0.2) is 0 Å². The number of benzene rings is 3. The zero-order chi connectivity index (χ0) is 20.4. The summed E-state index contributed by atoms with van der Waals surface area (Å²) in [4.78, 5) is 1.06. The van der Waals surface area contributed by atoms with Crippen LogP contribution in [0.3, 0.4) is 0 Å². The smallest absolute Gasteiger partial charge is 0.342 e. The van der Waals surface area contributed by atoms with Crippen molar-refractivity contribution >= 4 is 22.7 Å². The van der Waals surface area contributed by atoms with E-state index in [0.717, 1.165) is 39.1 Å². The molecular weight excluding hydrogens is 398 g/mol. The van der Waals surface area contributed by atoms with Crippen LogP contribution in [0.5, 0.6) is 0 Å². The average molecular weight is 415 g/mol. The normalized spacial score (nSPS) is 11.9. The predicted molar refractivity (Wildman–Crippen MR) is 108 cm³/mol. The van der Waals surface area contributed by atoms with E-state index >= 15 is 0 Å². The molecule has 0 bridgehead atoms. The summed E-state index contributed by atoms with van der Waals surface area (Å²) >= 11 is 1.59. The molecule has 0 aliphatic heterocycles. The molecule has 0 spiro atoms. The van der Waals surface area contributed by atoms with Gasteiger partial charge < -0.3 is 4.57 Å². The fourth-order valence-electron chi connectivity index (χ4n) is 3.20. The van der Waals surface area contributed by atoms with Crippen molar-refractivity contribution in [1.29, 1.82) is 0 Å². The first-order valence-corrected chi connectivity index (χ1v) is 10.00. The van der Waals surface area contributed by atoms with Gasteiger partial charge in [0.1, 0.15) is 5.82 Å². The first kappa shape index (κ1) is 19.6. The van der Waals surface area contributed by atoms with Crippen molar-refractivity contribution in [3.8, 4) is 0 Å². The SMILES string of the molecule is Fc1ccc(Cn2cc(SCc3ccc(C(F)(F)F)cc3)c3ccccc32)cc1. The first-order valence-electron chi connectivity index (χ1n) is 9.01. The molecule has 0 radical (unpaired) electrons. The van der Waals surface area contributed by atoms with Crippen LogP contribution in [0.1, 0.15) is 16.7 Å². The Morgan fingerprint density at radius 3 is 2.14 bits per heavy atom. The molecule has 0 unspecified atom stereocenters. The number of rotatable bonds is 5. The molecular formula is C23H17F4NS. The Bertz CT molecular complexity index is 1110. The zero-order valence-corrected chi connectivity index (χ0v) is 16.1. The molecule has 3 aromatic carbocycles. The number of para-hydroxylation sites is 1. The van der Waals surface area contributed by atoms with Gasteiger partial charge in [0.25, 0.3) is 0 Å². The maximum absolute atomic E-state index is 13.2. The van der Waals surface area contributed by atoms with E-state index in [1.807, 2.05) is 30.5 Å². The third kappa shape index (κ3) is 4.48. The number of halogens is 4. The van der Waals surface area contributed by atoms with Gasteiger partial charge in [-0.15, -0.1) is 11.8 Å². The molecule has 0 saturated heterocycles. The van der Waals surface area contributed by atoms with Crippen LogP contribution < -0.4 is 0 Å². The van der Waals surface area contributed by atoms with Crippen LogP contribution in [0.2, 0.25) is 0 Å². The number of fused-ring (bicyclic) bond motifs is 1. The van der Waals surface area contributed by atoms with Gasteiger partial charge >= 0.3 is 6.18 Å². The molecule has 0 aliphatic rings. The largest absolute Gasteiger partial charge is 0.416 e. The summed E-state index contributed by atoms with van der Waals surface area (Å²) in [5.41, 5.74) is 2.25. The molecule has 1 aromatic heterocycles. The van der Waals surface area contributed by atoms with Gasteiger partial charge in [-0.1, -0.05) is 42.5 Å². The van der Waals surface area contributed by atoms with Crippen LogP contribution in [0.25, 0.3) is 10.9 Å². The lowest BCUT2D eigenvalue weighted by atomic mass is 10.1. The lowest BCUT2D eigenvalue weighted by Gasteiger charge is -2.07. The fraction of sp³-hybridized carbons (Fsp3) is 0.130. The van der Waals surface area contributed by atoms with E-state index in [0.29, 0.717) is 12.3 Å². The lowest BCUT2D eigenvalue weighted by Crippen LogP contribution is -2.04. The molecule has 0 fully saturated rings. The summed E-state index contributed by atoms with van der Waals surface area (Å²) in [5, 5.41) is 1.09. The van der Waals surface area contributed by atoms with E-state index in [9.17, 15) is 17.6 Å². The molecule has 6 heteroatoms. The summed E-state index contributed by atoms with van der Waals surface area (Å²) in [6.07, 6.45) is -2.28. The number of thioether (sulfide) groups is 1. The van der Waals surface area contributed by atoms with Gasteiger partial charge in [-0.05, 0) is 41.5 Å². The van der Waals surface area contributed by atoms with Crippen LogP contribution in [0.4, 0.5) is 17.6 Å². The Balaban J connectivity index is 1.55. The molecule has 0 atom stereocenters. The minimum atomic E-state index is -4.32. The van der Waals surface area contributed by atoms with Crippen molar-refractivity contribution in [2.24, 2.45) is 0 Å². The van der Waals surface area contributed by atoms with Crippen LogP contribution in [0, 0.1) is 5.82 Å². The van der Waals surface area contributed by atoms with Gasteiger partial charge in [-0.2, -0.15) is 13.2 Å². The number of aromatic nitrogens is 1. The second-order valence-corrected chi connectivity index (χ2v) is 7.77. The van der Waals surface area contributed by atoms with Gasteiger partial charge in [-0.3, -0.25) is 0 Å². The summed E-state index contributed by atoms with van der Waals surface area (Å²) in [7, 11) is 0. The maximum Gasteiger partial charge on any atom is 0.416 e. The molecule has 4 rings (SSSR count). The Kier molecular flexibility index (Phi) is 5.37. The summed E-state index contributed by atoms with van der Waals surface area (Å²) in [6, 6.07) is 19.7. The van der Waals surface area contributed by atoms with E-state index < -0.39 is 11.7 Å². The Morgan fingerprint density at radius 1 is 0.793 bits per heavy atom. The Hall–Kier alpha value is -2.73. The second-order valence-electron chi connectivity index (χ2n) is 6.75. The van der Waals surface area contributed by atoms with Gasteiger partial charge in [-0.25, -0.2) is 4.39 Å². The van der Waals surface area contributed by atoms with Crippen molar-refractivity contribution in [3.05, 3.63) is 102 Å². The summed E-state index contributed by atoms with van der Waals surface area (Å²) < 4.78 is 53.4. The van der Waals surface area contributed by atoms with E-state index in [4.69, 9.17) is 0 Å². The number of nitrogens with zero attached hydrogens (tertiary/aromatic N) is 1. The molecule has 0 saturated carbocycles. The van der Waals surface area contributed by atoms with Crippen molar-refractivity contribution in [1.82, 2.24) is 4.57 Å². The minimum Gasteiger partial charge on any atom is -0.342 e. The lowest BCUT2D eigenvalue weighted by molar-refractivity contribution is -0.137. The van der Waals surface area contributed by atoms with Crippen molar-refractivity contribution in [2.45, 2.75) is 23.4 Å². The summed E-state index contributed by atoms with van der Waals surface area (Å²) in [5.74, 6) is 0.307. The number of hydrogen-bond acceptors (Lipinski definition) is 1. The molecule has 0 N–H and O–H groups in total. The fourth-order valence-corrected chi connectivity index (χ4v) is 4.24. The topological polar surface area (TPSA) is 4.93 Å². The third-order valence-corrected chi connectivity index (χ3v) is 5.81. The van der Waals surface area contributed by atoms with Gasteiger partial charge in [0.05, 0.1) is 5.56 Å². The third-order valence-electron chi connectivity index (χ3n) is 4.69. The first-order chi connectivity index (χ1) is 13.9. The second kappa shape index (κ2) is 7.95. The highest BCUT2D eigenvalue weighted by molar-refractivity contribution is 7.98. The minimum absolute atomic E-state index is 0.265. The van der Waals surface area contributed by atoms with E-state index in [1.54, 1.807) is 23.9 Å². The molecule has 4 aromatic rings. The maximum atomic E-state index is 13.2. The highest BCUT2D eigenvalue weighted by Crippen LogP contribution is 2.34. The molecule has 1 heterocycles. The number of hydrogen-bond donors (Lipinski definition) is 0. The summed E-state index contributed by atoms with van der Waals surface area (Å²) in [6.45, 7) is 0.613. The highest BCUT2D eigenvalue weighted by Gasteiger charge is 2.29. The van der Waals surface area contributed by atoms with Crippen LogP contribution in [-0.2, 0) is 18.5 Å². The van der Waals surface area contributed by atoms with Crippen LogP contribution in [-0.4, -0.2) is 4.57 Å². The van der Waals surface area contributed by atoms with E-state index in [2.05, 4.69) is 4.57 Å².